The number of unbranched alkanes of at least 4 members (excludes halogenated alkanes) is 4. The number of hydrogen-bond donors (Lipinski definition) is 0. The maximum Gasteiger partial charge on any atom is -0.0414 e. The summed E-state index contributed by atoms with van der Waals surface area (Å²) in [4.78, 5) is 0. The first-order valence-electron chi connectivity index (χ1n) is 6.43. The van der Waals surface area contributed by atoms with Crippen LogP contribution in [0, 0.1) is 5.92 Å². The third-order valence-electron chi connectivity index (χ3n) is 3.44. The lowest BCUT2D eigenvalue weighted by atomic mass is 9.85. The Morgan fingerprint density at radius 1 is 0.846 bits per heavy atom. The number of rotatable bonds is 6. The predicted octanol–water partition coefficient (Wildman–Crippen LogP) is 4.93. The molecule has 0 aromatic heterocycles. The van der Waals surface area contributed by atoms with Gasteiger partial charge in [0.2, 0.25) is 0 Å². The van der Waals surface area contributed by atoms with Crippen molar-refractivity contribution in [3.8, 4) is 0 Å². The molecule has 1 saturated carbocycles. The van der Waals surface area contributed by atoms with E-state index < -0.39 is 0 Å². The van der Waals surface area contributed by atoms with Crippen LogP contribution in [0.4, 0.5) is 0 Å². The highest BCUT2D eigenvalue weighted by Crippen LogP contribution is 2.27. The fraction of sp³-hybridized carbons (Fsp3) is 1.00. The molecular weight excluding hydrogens is 156 g/mol. The lowest BCUT2D eigenvalue weighted by Gasteiger charge is -2.21. The summed E-state index contributed by atoms with van der Waals surface area (Å²) >= 11 is 0. The molecule has 0 radical (unpaired) electrons. The Labute approximate surface area is 84.1 Å². The van der Waals surface area contributed by atoms with Crippen molar-refractivity contribution in [3.05, 3.63) is 0 Å². The lowest BCUT2D eigenvalue weighted by molar-refractivity contribution is 0.328. The first-order chi connectivity index (χ1) is 6.43. The molecule has 0 N–H and O–H groups in total. The largest absolute Gasteiger partial charge is 0.0654 e. The molecule has 0 aromatic rings. The molecule has 0 bridgehead atoms. The van der Waals surface area contributed by atoms with Crippen molar-refractivity contribution in [1.29, 1.82) is 0 Å². The molecule has 1 aliphatic rings. The van der Waals surface area contributed by atoms with E-state index in [1.807, 2.05) is 0 Å². The molecule has 1 aliphatic carbocycles. The summed E-state index contributed by atoms with van der Waals surface area (Å²) in [6, 6.07) is 0. The van der Waals surface area contributed by atoms with Crippen molar-refractivity contribution >= 4 is 0 Å². The molecule has 0 saturated heterocycles. The highest BCUT2D eigenvalue weighted by molar-refractivity contribution is 4.65. The van der Waals surface area contributed by atoms with Gasteiger partial charge in [0, 0.05) is 0 Å². The normalized spacial score (nSPS) is 19.2. The third kappa shape index (κ3) is 5.33. The van der Waals surface area contributed by atoms with E-state index in [0.717, 1.165) is 5.92 Å². The molecular formula is C13H26. The van der Waals surface area contributed by atoms with Gasteiger partial charge in [0.1, 0.15) is 0 Å². The van der Waals surface area contributed by atoms with Gasteiger partial charge in [-0.1, -0.05) is 77.6 Å². The van der Waals surface area contributed by atoms with Crippen LogP contribution in [0.25, 0.3) is 0 Å². The molecule has 0 amide bonds. The fourth-order valence-corrected chi connectivity index (χ4v) is 2.51. The van der Waals surface area contributed by atoms with E-state index in [1.54, 1.807) is 0 Å². The molecule has 0 nitrogen and oxygen atoms in total. The summed E-state index contributed by atoms with van der Waals surface area (Å²) in [5, 5.41) is 0. The second-order valence-electron chi connectivity index (χ2n) is 4.71. The summed E-state index contributed by atoms with van der Waals surface area (Å²) < 4.78 is 0. The fourth-order valence-electron chi connectivity index (χ4n) is 2.51. The van der Waals surface area contributed by atoms with Crippen LogP contribution in [0.15, 0.2) is 0 Å². The van der Waals surface area contributed by atoms with Crippen LogP contribution >= 0.6 is 0 Å². The van der Waals surface area contributed by atoms with Gasteiger partial charge in [-0.05, 0) is 5.92 Å². The van der Waals surface area contributed by atoms with Crippen molar-refractivity contribution in [2.45, 2.75) is 77.6 Å². The average Bonchev–Trinajstić information content (AvgIpc) is 2.19. The molecule has 0 aliphatic heterocycles. The summed E-state index contributed by atoms with van der Waals surface area (Å²) in [6.45, 7) is 2.29. The molecule has 0 heteroatoms. The van der Waals surface area contributed by atoms with Gasteiger partial charge in [-0.3, -0.25) is 0 Å². The predicted molar refractivity (Wildman–Crippen MR) is 60.0 cm³/mol. The zero-order valence-electron chi connectivity index (χ0n) is 9.36. The minimum Gasteiger partial charge on any atom is -0.0654 e. The van der Waals surface area contributed by atoms with Gasteiger partial charge < -0.3 is 0 Å². The summed E-state index contributed by atoms with van der Waals surface area (Å²) in [6.07, 6.45) is 16.4. The van der Waals surface area contributed by atoms with E-state index in [1.165, 1.54) is 70.6 Å². The Kier molecular flexibility index (Phi) is 6.31. The van der Waals surface area contributed by atoms with Gasteiger partial charge in [-0.15, -0.1) is 0 Å². The van der Waals surface area contributed by atoms with Gasteiger partial charge in [0.15, 0.2) is 0 Å². The zero-order chi connectivity index (χ0) is 9.36. The SMILES string of the molecule is CCCCCCCC1CCCCC1. The van der Waals surface area contributed by atoms with E-state index in [-0.39, 0.29) is 0 Å². The van der Waals surface area contributed by atoms with Crippen molar-refractivity contribution in [1.82, 2.24) is 0 Å². The molecule has 0 heterocycles. The third-order valence-corrected chi connectivity index (χ3v) is 3.44. The maximum atomic E-state index is 2.29. The van der Waals surface area contributed by atoms with Crippen LogP contribution in [0.3, 0.4) is 0 Å². The smallest absolute Gasteiger partial charge is 0.0414 e. The highest BCUT2D eigenvalue weighted by atomic mass is 14.2. The summed E-state index contributed by atoms with van der Waals surface area (Å²) in [5.41, 5.74) is 0. The van der Waals surface area contributed by atoms with E-state index >= 15 is 0 Å². The van der Waals surface area contributed by atoms with Gasteiger partial charge in [0.25, 0.3) is 0 Å². The van der Waals surface area contributed by atoms with Crippen molar-refractivity contribution in [2.24, 2.45) is 5.92 Å². The average molecular weight is 182 g/mol. The van der Waals surface area contributed by atoms with Crippen molar-refractivity contribution < 1.29 is 0 Å². The number of hydrogen-bond acceptors (Lipinski definition) is 0. The first kappa shape index (κ1) is 11.1. The Balaban J connectivity index is 1.86. The van der Waals surface area contributed by atoms with Crippen LogP contribution < -0.4 is 0 Å². The maximum absolute atomic E-state index is 2.29. The quantitative estimate of drug-likeness (QED) is 0.511. The molecule has 1 fully saturated rings. The highest BCUT2D eigenvalue weighted by Gasteiger charge is 2.12. The van der Waals surface area contributed by atoms with Gasteiger partial charge in [-0.2, -0.15) is 0 Å². The minimum atomic E-state index is 1.11. The Hall–Kier alpha value is 0. The summed E-state index contributed by atoms with van der Waals surface area (Å²) in [7, 11) is 0. The lowest BCUT2D eigenvalue weighted by Crippen LogP contribution is -2.05. The summed E-state index contributed by atoms with van der Waals surface area (Å²) in [5.74, 6) is 1.11. The molecule has 1 rings (SSSR count). The molecule has 78 valence electrons. The molecule has 0 atom stereocenters. The van der Waals surface area contributed by atoms with Crippen LogP contribution in [0.2, 0.25) is 0 Å². The van der Waals surface area contributed by atoms with E-state index in [4.69, 9.17) is 0 Å². The monoisotopic (exact) mass is 182 g/mol. The van der Waals surface area contributed by atoms with Crippen molar-refractivity contribution in [2.75, 3.05) is 0 Å². The Morgan fingerprint density at radius 3 is 2.23 bits per heavy atom. The molecule has 0 aromatic carbocycles. The van der Waals surface area contributed by atoms with E-state index in [9.17, 15) is 0 Å². The molecule has 0 spiro atoms. The zero-order valence-corrected chi connectivity index (χ0v) is 9.36. The standard InChI is InChI=1S/C13H26/c1-2-3-4-5-7-10-13-11-8-6-9-12-13/h13H,2-12H2,1H3. The Morgan fingerprint density at radius 2 is 1.54 bits per heavy atom. The second-order valence-corrected chi connectivity index (χ2v) is 4.71. The van der Waals surface area contributed by atoms with Crippen LogP contribution in [-0.2, 0) is 0 Å². The second kappa shape index (κ2) is 7.41. The van der Waals surface area contributed by atoms with Gasteiger partial charge in [0.05, 0.1) is 0 Å². The van der Waals surface area contributed by atoms with Crippen molar-refractivity contribution in [3.63, 3.8) is 0 Å². The van der Waals surface area contributed by atoms with Gasteiger partial charge >= 0.3 is 0 Å². The van der Waals surface area contributed by atoms with E-state index in [0.29, 0.717) is 0 Å². The Bertz CT molecular complexity index is 101. The minimum absolute atomic E-state index is 1.11. The topological polar surface area (TPSA) is 0 Å². The molecule has 0 unspecified atom stereocenters. The van der Waals surface area contributed by atoms with Gasteiger partial charge in [-0.25, -0.2) is 0 Å². The van der Waals surface area contributed by atoms with Crippen LogP contribution in [0.5, 0.6) is 0 Å². The van der Waals surface area contributed by atoms with E-state index in [2.05, 4.69) is 6.92 Å². The van der Waals surface area contributed by atoms with Crippen LogP contribution in [-0.4, -0.2) is 0 Å². The van der Waals surface area contributed by atoms with Crippen LogP contribution in [0.1, 0.15) is 77.6 Å². The molecule has 13 heavy (non-hydrogen) atoms. The first-order valence-corrected chi connectivity index (χ1v) is 6.43.